The van der Waals surface area contributed by atoms with Gasteiger partial charge in [0, 0.05) is 12.0 Å². The monoisotopic (exact) mass is 457 g/mol. The van der Waals surface area contributed by atoms with Gasteiger partial charge in [0.05, 0.1) is 13.2 Å². The zero-order chi connectivity index (χ0) is 22.3. The third kappa shape index (κ3) is 6.83. The lowest BCUT2D eigenvalue weighted by Crippen LogP contribution is -2.53. The normalized spacial score (nSPS) is 15.0. The molecule has 4 N–H and O–H groups in total. The lowest BCUT2D eigenvalue weighted by atomic mass is 10.1. The first-order chi connectivity index (χ1) is 14.8. The van der Waals surface area contributed by atoms with Gasteiger partial charge >= 0.3 is 0 Å². The van der Waals surface area contributed by atoms with Gasteiger partial charge in [-0.15, -0.1) is 12.4 Å². The Hall–Kier alpha value is -3.36. The van der Waals surface area contributed by atoms with Crippen LogP contribution in [0.5, 0.6) is 5.75 Å². The minimum atomic E-state index is -0.728. The number of hydrogen-bond acceptors (Lipinski definition) is 8. The zero-order valence-corrected chi connectivity index (χ0v) is 18.9. The van der Waals surface area contributed by atoms with Crippen molar-refractivity contribution < 1.29 is 14.4 Å². The van der Waals surface area contributed by atoms with Crippen LogP contribution in [0, 0.1) is 0 Å². The average Bonchev–Trinajstić information content (AvgIpc) is 2.74. The summed E-state index contributed by atoms with van der Waals surface area (Å²) in [6.07, 6.45) is 3.99. The number of ether oxygens (including phenoxy) is 1. The molecule has 9 heteroatoms. The van der Waals surface area contributed by atoms with E-state index in [1.807, 2.05) is 44.2 Å². The maximum Gasteiger partial charge on any atom is 0.226 e. The number of guanidine groups is 2. The third-order valence-electron chi connectivity index (χ3n) is 4.47. The van der Waals surface area contributed by atoms with Gasteiger partial charge in [0.1, 0.15) is 5.75 Å². The molecule has 0 aromatic heterocycles. The molecule has 0 amide bonds. The van der Waals surface area contributed by atoms with E-state index in [1.54, 1.807) is 36.4 Å². The molecule has 1 heterocycles. The van der Waals surface area contributed by atoms with Crippen LogP contribution in [0.4, 0.5) is 0 Å². The molecular formula is C23H28ClN5O3. The van der Waals surface area contributed by atoms with Crippen LogP contribution in [0.2, 0.25) is 0 Å². The number of ketones is 1. The van der Waals surface area contributed by atoms with Gasteiger partial charge in [-0.25, -0.2) is 4.99 Å². The van der Waals surface area contributed by atoms with E-state index in [-0.39, 0.29) is 30.1 Å². The van der Waals surface area contributed by atoms with Gasteiger partial charge in [-0.05, 0) is 49.8 Å². The number of hydrogen-bond donors (Lipinski definition) is 2. The number of aliphatic imine (C=N–C) groups is 2. The predicted octanol–water partition coefficient (Wildman–Crippen LogP) is 3.39. The van der Waals surface area contributed by atoms with Crippen LogP contribution in [-0.2, 0) is 4.84 Å². The van der Waals surface area contributed by atoms with Crippen LogP contribution >= 0.6 is 12.4 Å². The summed E-state index contributed by atoms with van der Waals surface area (Å²) in [6.45, 7) is 4.47. The molecule has 0 radical (unpaired) electrons. The molecule has 0 saturated carbocycles. The summed E-state index contributed by atoms with van der Waals surface area (Å²) in [5.41, 5.74) is 12.4. The number of nitrogens with zero attached hydrogens (tertiary/aromatic N) is 3. The van der Waals surface area contributed by atoms with Crippen LogP contribution in [0.25, 0.3) is 6.08 Å². The highest BCUT2D eigenvalue weighted by Gasteiger charge is 2.32. The molecule has 1 aliphatic rings. The zero-order valence-electron chi connectivity index (χ0n) is 18.1. The number of rotatable bonds is 9. The largest absolute Gasteiger partial charge is 0.494 e. The number of hydroxylamine groups is 2. The highest BCUT2D eigenvalue weighted by molar-refractivity contribution is 6.06. The smallest absolute Gasteiger partial charge is 0.226 e. The van der Waals surface area contributed by atoms with Gasteiger partial charge < -0.3 is 16.2 Å². The fraction of sp³-hybridized carbons (Fsp3) is 0.261. The molecule has 8 nitrogen and oxygen atoms in total. The number of benzene rings is 2. The Kier molecular flexibility index (Phi) is 8.80. The number of nitrogens with two attached hydrogens (primary N) is 2. The van der Waals surface area contributed by atoms with E-state index in [4.69, 9.17) is 21.0 Å². The minimum absolute atomic E-state index is 0. The molecule has 2 aromatic rings. The predicted molar refractivity (Wildman–Crippen MR) is 129 cm³/mol. The van der Waals surface area contributed by atoms with Crippen LogP contribution < -0.4 is 16.2 Å². The van der Waals surface area contributed by atoms with Crippen LogP contribution in [-0.4, -0.2) is 41.6 Å². The summed E-state index contributed by atoms with van der Waals surface area (Å²) < 4.78 is 5.72. The van der Waals surface area contributed by atoms with Crippen molar-refractivity contribution in [3.05, 3.63) is 71.8 Å². The van der Waals surface area contributed by atoms with Gasteiger partial charge in [0.2, 0.25) is 11.9 Å². The molecule has 32 heavy (non-hydrogen) atoms. The fourth-order valence-corrected chi connectivity index (χ4v) is 2.97. The molecule has 0 bridgehead atoms. The number of allylic oxidation sites excluding steroid dienone is 1. The molecule has 170 valence electrons. The highest BCUT2D eigenvalue weighted by Crippen LogP contribution is 2.20. The van der Waals surface area contributed by atoms with Gasteiger partial charge in [-0.2, -0.15) is 10.1 Å². The number of carbonyl (C=O) groups excluding carboxylic acids is 1. The lowest BCUT2D eigenvalue weighted by molar-refractivity contribution is -0.158. The van der Waals surface area contributed by atoms with Crippen molar-refractivity contribution in [3.8, 4) is 5.75 Å². The molecule has 0 saturated heterocycles. The van der Waals surface area contributed by atoms with Crippen LogP contribution in [0.15, 0.2) is 70.7 Å². The molecule has 3 rings (SSSR count). The summed E-state index contributed by atoms with van der Waals surface area (Å²) in [5.74, 6) is 0.916. The molecule has 1 aliphatic heterocycles. The van der Waals surface area contributed by atoms with Gasteiger partial charge in [-0.3, -0.25) is 9.63 Å². The van der Waals surface area contributed by atoms with Gasteiger partial charge in [0.15, 0.2) is 11.4 Å². The standard InChI is InChI=1S/C23H27N5O3.ClH/c1-23(2)27-21(24)26-22(25)28(23)31-16-6-15-30-19-12-10-18(11-13-19)20(29)14-9-17-7-4-3-5-8-17;/h3-5,7-14H,6,15-16H2,1-2H3,(H4,24,25,26,27);1H/b14-9+;. The van der Waals surface area contributed by atoms with Crippen molar-refractivity contribution in [1.82, 2.24) is 5.06 Å². The van der Waals surface area contributed by atoms with Crippen molar-refractivity contribution in [1.29, 1.82) is 0 Å². The molecule has 0 atom stereocenters. The molecule has 0 fully saturated rings. The van der Waals surface area contributed by atoms with Crippen molar-refractivity contribution >= 4 is 36.2 Å². The van der Waals surface area contributed by atoms with E-state index in [1.165, 1.54) is 5.06 Å². The summed E-state index contributed by atoms with van der Waals surface area (Å²) in [4.78, 5) is 26.1. The van der Waals surface area contributed by atoms with Crippen LogP contribution in [0.1, 0.15) is 36.2 Å². The van der Waals surface area contributed by atoms with E-state index in [9.17, 15) is 4.79 Å². The highest BCUT2D eigenvalue weighted by atomic mass is 35.5. The molecular weight excluding hydrogens is 430 g/mol. The minimum Gasteiger partial charge on any atom is -0.494 e. The molecule has 0 aliphatic carbocycles. The van der Waals surface area contributed by atoms with E-state index < -0.39 is 5.66 Å². The topological polar surface area (TPSA) is 116 Å². The average molecular weight is 458 g/mol. The van der Waals surface area contributed by atoms with Crippen LogP contribution in [0.3, 0.4) is 0 Å². The van der Waals surface area contributed by atoms with Gasteiger partial charge in [-0.1, -0.05) is 36.4 Å². The third-order valence-corrected chi connectivity index (χ3v) is 4.47. The second-order valence-corrected chi connectivity index (χ2v) is 7.40. The summed E-state index contributed by atoms with van der Waals surface area (Å²) in [5, 5.41) is 1.44. The van der Waals surface area contributed by atoms with E-state index in [0.29, 0.717) is 30.9 Å². The second-order valence-electron chi connectivity index (χ2n) is 7.40. The SMILES string of the molecule is CC1(C)N=C(N)N=C(N)N1OCCCOc1ccc(C(=O)/C=C/c2ccccc2)cc1.Cl. The first-order valence-electron chi connectivity index (χ1n) is 9.98. The van der Waals surface area contributed by atoms with E-state index >= 15 is 0 Å². The Labute approximate surface area is 194 Å². The quantitative estimate of drug-likeness (QED) is 0.339. The Balaban J connectivity index is 0.00000363. The first kappa shape index (κ1) is 24.9. The number of carbonyl (C=O) groups is 1. The Morgan fingerprint density at radius 2 is 1.75 bits per heavy atom. The lowest BCUT2D eigenvalue weighted by Gasteiger charge is -2.36. The van der Waals surface area contributed by atoms with Crippen molar-refractivity contribution in [2.45, 2.75) is 25.9 Å². The Morgan fingerprint density at radius 1 is 1.06 bits per heavy atom. The van der Waals surface area contributed by atoms with E-state index in [0.717, 1.165) is 5.56 Å². The first-order valence-corrected chi connectivity index (χ1v) is 9.98. The fourth-order valence-electron chi connectivity index (χ4n) is 2.97. The second kappa shape index (κ2) is 11.3. The maximum absolute atomic E-state index is 12.3. The molecule has 0 unspecified atom stereocenters. The van der Waals surface area contributed by atoms with E-state index in [2.05, 4.69) is 9.98 Å². The van der Waals surface area contributed by atoms with Crippen molar-refractivity contribution in [2.24, 2.45) is 21.5 Å². The summed E-state index contributed by atoms with van der Waals surface area (Å²) in [6, 6.07) is 16.7. The van der Waals surface area contributed by atoms with Crippen molar-refractivity contribution in [3.63, 3.8) is 0 Å². The summed E-state index contributed by atoms with van der Waals surface area (Å²) in [7, 11) is 0. The molecule has 2 aromatic carbocycles. The van der Waals surface area contributed by atoms with Crippen molar-refractivity contribution in [2.75, 3.05) is 13.2 Å². The molecule has 0 spiro atoms. The maximum atomic E-state index is 12.3. The Morgan fingerprint density at radius 3 is 2.41 bits per heavy atom. The number of halogens is 1. The van der Waals surface area contributed by atoms with Gasteiger partial charge in [0.25, 0.3) is 0 Å². The Bertz CT molecular complexity index is 988. The summed E-state index contributed by atoms with van der Waals surface area (Å²) >= 11 is 0.